The van der Waals surface area contributed by atoms with Gasteiger partial charge in [0.15, 0.2) is 5.69 Å². The average Bonchev–Trinajstić information content (AvgIpc) is 2.66. The number of benzene rings is 1. The van der Waals surface area contributed by atoms with E-state index in [0.717, 1.165) is 0 Å². The van der Waals surface area contributed by atoms with Crippen LogP contribution in [0.4, 0.5) is 0 Å². The highest BCUT2D eigenvalue weighted by Gasteiger charge is 2.20. The van der Waals surface area contributed by atoms with E-state index in [4.69, 9.17) is 11.6 Å². The minimum atomic E-state index is -0.586. The molecule has 0 saturated carbocycles. The van der Waals surface area contributed by atoms with Crippen LogP contribution in [0, 0.1) is 0 Å². The minimum absolute atomic E-state index is 0.132. The quantitative estimate of drug-likeness (QED) is 0.844. The summed E-state index contributed by atoms with van der Waals surface area (Å²) in [6.07, 6.45) is 0. The van der Waals surface area contributed by atoms with E-state index in [1.807, 2.05) is 0 Å². The third-order valence-electron chi connectivity index (χ3n) is 2.57. The summed E-state index contributed by atoms with van der Waals surface area (Å²) in [6, 6.07) is 6.67. The lowest BCUT2D eigenvalue weighted by Gasteiger charge is -2.00. The molecule has 0 atom stereocenters. The highest BCUT2D eigenvalue weighted by molar-refractivity contribution is 6.30. The third kappa shape index (κ3) is 2.04. The van der Waals surface area contributed by atoms with Crippen molar-refractivity contribution in [3.8, 4) is 11.1 Å². The van der Waals surface area contributed by atoms with Crippen LogP contribution in [0.2, 0.25) is 5.02 Å². The molecule has 1 N–H and O–H groups in total. The number of esters is 1. The number of carbonyl (C=O) groups is 1. The number of nitrogens with zero attached hydrogens (tertiary/aromatic N) is 1. The molecule has 0 fully saturated rings. The van der Waals surface area contributed by atoms with Crippen molar-refractivity contribution in [2.75, 3.05) is 7.11 Å². The molecule has 0 aliphatic heterocycles. The van der Waals surface area contributed by atoms with Crippen LogP contribution in [0.5, 0.6) is 0 Å². The van der Waals surface area contributed by atoms with Gasteiger partial charge in [-0.2, -0.15) is 0 Å². The number of hydrogen-bond donors (Lipinski definition) is 1. The summed E-state index contributed by atoms with van der Waals surface area (Å²) in [5.41, 5.74) is 0.729. The van der Waals surface area contributed by atoms with E-state index >= 15 is 0 Å². The third-order valence-corrected chi connectivity index (χ3v) is 2.82. The maximum Gasteiger partial charge on any atom is 0.356 e. The van der Waals surface area contributed by atoms with E-state index in [0.29, 0.717) is 10.6 Å². The molecular weight excluding hydrogens is 256 g/mol. The van der Waals surface area contributed by atoms with Crippen LogP contribution in [0.3, 0.4) is 0 Å². The van der Waals surface area contributed by atoms with Gasteiger partial charge in [0.05, 0.1) is 12.7 Å². The SMILES string of the molecule is COC(=O)c1[nH]n(C)c(=O)c1-c1ccc(Cl)cc1. The summed E-state index contributed by atoms with van der Waals surface area (Å²) < 4.78 is 5.87. The topological polar surface area (TPSA) is 64.1 Å². The van der Waals surface area contributed by atoms with Gasteiger partial charge in [-0.15, -0.1) is 0 Å². The van der Waals surface area contributed by atoms with Crippen LogP contribution in [-0.4, -0.2) is 22.9 Å². The lowest BCUT2D eigenvalue weighted by molar-refractivity contribution is 0.0594. The van der Waals surface area contributed by atoms with Gasteiger partial charge in [0.2, 0.25) is 0 Å². The Morgan fingerprint density at radius 3 is 2.50 bits per heavy atom. The van der Waals surface area contributed by atoms with Gasteiger partial charge in [-0.1, -0.05) is 23.7 Å². The van der Waals surface area contributed by atoms with Gasteiger partial charge >= 0.3 is 5.97 Å². The van der Waals surface area contributed by atoms with Crippen LogP contribution < -0.4 is 5.56 Å². The molecule has 6 heteroatoms. The molecule has 18 heavy (non-hydrogen) atoms. The number of aromatic amines is 1. The molecule has 0 aliphatic carbocycles. The Hall–Kier alpha value is -2.01. The lowest BCUT2D eigenvalue weighted by atomic mass is 10.1. The first-order valence-electron chi connectivity index (χ1n) is 5.18. The number of H-pyrrole nitrogens is 1. The zero-order valence-electron chi connectivity index (χ0n) is 9.86. The molecule has 1 heterocycles. The molecular formula is C12H11ClN2O3. The molecule has 1 aromatic heterocycles. The second-order valence-electron chi connectivity index (χ2n) is 3.72. The molecule has 5 nitrogen and oxygen atoms in total. The largest absolute Gasteiger partial charge is 0.464 e. The number of methoxy groups -OCH3 is 1. The van der Waals surface area contributed by atoms with Gasteiger partial charge in [0, 0.05) is 12.1 Å². The van der Waals surface area contributed by atoms with Crippen molar-refractivity contribution >= 4 is 17.6 Å². The zero-order valence-corrected chi connectivity index (χ0v) is 10.6. The molecule has 2 aromatic rings. The van der Waals surface area contributed by atoms with E-state index in [1.165, 1.54) is 18.8 Å². The van der Waals surface area contributed by atoms with Crippen molar-refractivity contribution in [3.63, 3.8) is 0 Å². The summed E-state index contributed by atoms with van der Waals surface area (Å²) in [7, 11) is 2.80. The highest BCUT2D eigenvalue weighted by atomic mass is 35.5. The highest BCUT2D eigenvalue weighted by Crippen LogP contribution is 2.21. The maximum absolute atomic E-state index is 12.0. The van der Waals surface area contributed by atoms with Gasteiger partial charge in [0.25, 0.3) is 5.56 Å². The predicted octanol–water partition coefficient (Wildman–Crippen LogP) is 1.82. The van der Waals surface area contributed by atoms with Crippen molar-refractivity contribution in [2.24, 2.45) is 7.05 Å². The molecule has 0 bridgehead atoms. The van der Waals surface area contributed by atoms with Crippen LogP contribution in [-0.2, 0) is 11.8 Å². The Balaban J connectivity index is 2.66. The zero-order chi connectivity index (χ0) is 13.3. The molecule has 0 radical (unpaired) electrons. The van der Waals surface area contributed by atoms with E-state index in [-0.39, 0.29) is 16.8 Å². The van der Waals surface area contributed by atoms with E-state index in [2.05, 4.69) is 9.84 Å². The van der Waals surface area contributed by atoms with Crippen LogP contribution >= 0.6 is 11.6 Å². The van der Waals surface area contributed by atoms with Gasteiger partial charge < -0.3 is 4.74 Å². The average molecular weight is 267 g/mol. The number of ether oxygens (including phenoxy) is 1. The second kappa shape index (κ2) is 4.70. The Bertz CT molecular complexity index is 640. The molecule has 0 spiro atoms. The normalized spacial score (nSPS) is 10.4. The number of carbonyl (C=O) groups excluding carboxylic acids is 1. The van der Waals surface area contributed by atoms with Crippen molar-refractivity contribution in [3.05, 3.63) is 45.3 Å². The van der Waals surface area contributed by atoms with Crippen LogP contribution in [0.1, 0.15) is 10.5 Å². The number of halogens is 1. The Kier molecular flexibility index (Phi) is 3.25. The van der Waals surface area contributed by atoms with E-state index < -0.39 is 5.97 Å². The van der Waals surface area contributed by atoms with Crippen molar-refractivity contribution in [2.45, 2.75) is 0 Å². The Morgan fingerprint density at radius 2 is 1.94 bits per heavy atom. The van der Waals surface area contributed by atoms with Crippen molar-refractivity contribution < 1.29 is 9.53 Å². The van der Waals surface area contributed by atoms with Gasteiger partial charge in [0.1, 0.15) is 0 Å². The number of hydrogen-bond acceptors (Lipinski definition) is 3. The lowest BCUT2D eigenvalue weighted by Crippen LogP contribution is -2.13. The molecule has 2 rings (SSSR count). The molecule has 1 aromatic carbocycles. The van der Waals surface area contributed by atoms with Gasteiger partial charge in [-0.05, 0) is 17.7 Å². The Labute approximate surface area is 108 Å². The smallest absolute Gasteiger partial charge is 0.356 e. The number of nitrogens with one attached hydrogen (secondary N) is 1. The molecule has 94 valence electrons. The Morgan fingerprint density at radius 1 is 1.33 bits per heavy atom. The monoisotopic (exact) mass is 266 g/mol. The summed E-state index contributed by atoms with van der Waals surface area (Å²) in [5.74, 6) is -0.586. The standard InChI is InChI=1S/C12H11ClN2O3/c1-15-11(16)9(10(14-15)12(17)18-2)7-3-5-8(13)6-4-7/h3-6,14H,1-2H3. The fourth-order valence-corrected chi connectivity index (χ4v) is 1.81. The van der Waals surface area contributed by atoms with Gasteiger partial charge in [-0.25, -0.2) is 4.79 Å². The van der Waals surface area contributed by atoms with Crippen LogP contribution in [0.15, 0.2) is 29.1 Å². The predicted molar refractivity (Wildman–Crippen MR) is 67.8 cm³/mol. The first kappa shape index (κ1) is 12.4. The summed E-state index contributed by atoms with van der Waals surface area (Å²) >= 11 is 5.79. The number of aromatic nitrogens is 2. The first-order chi connectivity index (χ1) is 8.54. The maximum atomic E-state index is 12.0. The number of rotatable bonds is 2. The van der Waals surface area contributed by atoms with Crippen LogP contribution in [0.25, 0.3) is 11.1 Å². The summed E-state index contributed by atoms with van der Waals surface area (Å²) in [4.78, 5) is 23.6. The van der Waals surface area contributed by atoms with E-state index in [9.17, 15) is 9.59 Å². The minimum Gasteiger partial charge on any atom is -0.464 e. The fourth-order valence-electron chi connectivity index (χ4n) is 1.68. The molecule has 0 aliphatic rings. The summed E-state index contributed by atoms with van der Waals surface area (Å²) in [6.45, 7) is 0. The second-order valence-corrected chi connectivity index (χ2v) is 4.16. The first-order valence-corrected chi connectivity index (χ1v) is 5.55. The van der Waals surface area contributed by atoms with Crippen molar-refractivity contribution in [1.29, 1.82) is 0 Å². The van der Waals surface area contributed by atoms with E-state index in [1.54, 1.807) is 24.3 Å². The molecule has 0 saturated heterocycles. The molecule has 0 unspecified atom stereocenters. The van der Waals surface area contributed by atoms with Gasteiger partial charge in [-0.3, -0.25) is 14.6 Å². The van der Waals surface area contributed by atoms with Crippen molar-refractivity contribution in [1.82, 2.24) is 9.78 Å². The number of aryl methyl sites for hydroxylation is 1. The fraction of sp³-hybridized carbons (Fsp3) is 0.167. The summed E-state index contributed by atoms with van der Waals surface area (Å²) in [5, 5.41) is 3.23. The molecule has 0 amide bonds.